The second-order valence-electron chi connectivity index (χ2n) is 8.87. The fraction of sp³-hybridized carbons (Fsp3) is 0.333. The summed E-state index contributed by atoms with van der Waals surface area (Å²) in [7, 11) is 1.65. The number of rotatable bonds is 10. The standard InChI is InChI=1S/C30H34O4S/c1-7-34-30(32)29(28(31)19(2)3)35-18-24-15-16-25(33-6)17-26(24)22-11-13-23(14-12-22)27-20(4)9-8-10-21(27)5/h8-17,19,29H,7,18H2,1-6H3. The van der Waals surface area contributed by atoms with Gasteiger partial charge in [0.25, 0.3) is 0 Å². The van der Waals surface area contributed by atoms with Gasteiger partial charge in [0, 0.05) is 11.7 Å². The van der Waals surface area contributed by atoms with E-state index in [4.69, 9.17) is 9.47 Å². The summed E-state index contributed by atoms with van der Waals surface area (Å²) < 4.78 is 10.7. The molecule has 35 heavy (non-hydrogen) atoms. The van der Waals surface area contributed by atoms with Crippen LogP contribution in [0.4, 0.5) is 0 Å². The third kappa shape index (κ3) is 6.34. The smallest absolute Gasteiger partial charge is 0.326 e. The van der Waals surface area contributed by atoms with E-state index in [-0.39, 0.29) is 18.3 Å². The Morgan fingerprint density at radius 3 is 2.11 bits per heavy atom. The van der Waals surface area contributed by atoms with Gasteiger partial charge < -0.3 is 9.47 Å². The third-order valence-electron chi connectivity index (χ3n) is 6.02. The largest absolute Gasteiger partial charge is 0.497 e. The van der Waals surface area contributed by atoms with Crippen molar-refractivity contribution in [2.24, 2.45) is 5.92 Å². The van der Waals surface area contributed by atoms with Crippen molar-refractivity contribution in [2.45, 2.75) is 45.6 Å². The fourth-order valence-electron chi connectivity index (χ4n) is 4.12. The molecule has 0 spiro atoms. The highest BCUT2D eigenvalue weighted by atomic mass is 32.2. The van der Waals surface area contributed by atoms with Crippen LogP contribution in [0.5, 0.6) is 5.75 Å². The van der Waals surface area contributed by atoms with Crippen molar-refractivity contribution >= 4 is 23.5 Å². The molecule has 0 aliphatic heterocycles. The molecule has 3 aromatic carbocycles. The highest BCUT2D eigenvalue weighted by molar-refractivity contribution is 8.00. The molecule has 0 bridgehead atoms. The minimum atomic E-state index is -0.837. The summed E-state index contributed by atoms with van der Waals surface area (Å²) in [4.78, 5) is 25.2. The van der Waals surface area contributed by atoms with Crippen molar-refractivity contribution in [1.82, 2.24) is 0 Å². The summed E-state index contributed by atoms with van der Waals surface area (Å²) in [6.07, 6.45) is 0. The molecule has 1 unspecified atom stereocenters. The number of thioether (sulfide) groups is 1. The van der Waals surface area contributed by atoms with E-state index in [1.807, 2.05) is 32.0 Å². The monoisotopic (exact) mass is 490 g/mol. The molecule has 5 heteroatoms. The van der Waals surface area contributed by atoms with Gasteiger partial charge in [0.1, 0.15) is 5.75 Å². The number of benzene rings is 3. The van der Waals surface area contributed by atoms with Crippen molar-refractivity contribution in [3.8, 4) is 28.0 Å². The minimum absolute atomic E-state index is 0.110. The van der Waals surface area contributed by atoms with Crippen LogP contribution in [-0.2, 0) is 20.1 Å². The zero-order chi connectivity index (χ0) is 25.5. The lowest BCUT2D eigenvalue weighted by Gasteiger charge is -2.18. The number of aryl methyl sites for hydroxylation is 2. The van der Waals surface area contributed by atoms with Crippen LogP contribution in [0.15, 0.2) is 60.7 Å². The molecule has 0 heterocycles. The van der Waals surface area contributed by atoms with Crippen LogP contribution in [0, 0.1) is 19.8 Å². The van der Waals surface area contributed by atoms with Gasteiger partial charge >= 0.3 is 5.97 Å². The second-order valence-corrected chi connectivity index (χ2v) is 9.96. The minimum Gasteiger partial charge on any atom is -0.497 e. The first kappa shape index (κ1) is 26.6. The third-order valence-corrected chi connectivity index (χ3v) is 7.25. The molecule has 0 N–H and O–H groups in total. The van der Waals surface area contributed by atoms with E-state index in [0.29, 0.717) is 5.75 Å². The number of carbonyl (C=O) groups excluding carboxylic acids is 2. The summed E-state index contributed by atoms with van der Waals surface area (Å²) in [6, 6.07) is 20.8. The second kappa shape index (κ2) is 12.1. The van der Waals surface area contributed by atoms with Crippen molar-refractivity contribution in [3.05, 3.63) is 77.4 Å². The summed E-state index contributed by atoms with van der Waals surface area (Å²) in [5.74, 6) is 0.433. The number of Topliss-reactive ketones (excluding diaryl/α,β-unsaturated/α-hetero) is 1. The zero-order valence-electron chi connectivity index (χ0n) is 21.4. The van der Waals surface area contributed by atoms with Gasteiger partial charge in [-0.1, -0.05) is 62.4 Å². The van der Waals surface area contributed by atoms with Crippen LogP contribution in [0.3, 0.4) is 0 Å². The molecule has 0 fully saturated rings. The number of methoxy groups -OCH3 is 1. The number of ketones is 1. The van der Waals surface area contributed by atoms with Gasteiger partial charge in [0.2, 0.25) is 0 Å². The molecule has 1 atom stereocenters. The van der Waals surface area contributed by atoms with Crippen LogP contribution in [0.1, 0.15) is 37.5 Å². The predicted octanol–water partition coefficient (Wildman–Crippen LogP) is 7.04. The lowest BCUT2D eigenvalue weighted by atomic mass is 9.93. The summed E-state index contributed by atoms with van der Waals surface area (Å²) in [6.45, 7) is 9.89. The van der Waals surface area contributed by atoms with E-state index in [1.54, 1.807) is 14.0 Å². The van der Waals surface area contributed by atoms with Crippen LogP contribution >= 0.6 is 11.8 Å². The molecule has 184 valence electrons. The number of ether oxygens (including phenoxy) is 2. The van der Waals surface area contributed by atoms with Crippen LogP contribution < -0.4 is 4.74 Å². The Bertz CT molecular complexity index is 1160. The van der Waals surface area contributed by atoms with Gasteiger partial charge in [-0.3, -0.25) is 9.59 Å². The van der Waals surface area contributed by atoms with Gasteiger partial charge in [-0.15, -0.1) is 11.8 Å². The van der Waals surface area contributed by atoms with Crippen molar-refractivity contribution < 1.29 is 19.1 Å². The van der Waals surface area contributed by atoms with Gasteiger partial charge in [-0.2, -0.15) is 0 Å². The maximum absolute atomic E-state index is 12.7. The first-order valence-corrected chi connectivity index (χ1v) is 13.0. The Balaban J connectivity index is 1.93. The Labute approximate surface area is 213 Å². The first-order chi connectivity index (χ1) is 16.8. The van der Waals surface area contributed by atoms with Crippen LogP contribution in [0.25, 0.3) is 22.3 Å². The molecule has 3 rings (SSSR count). The molecule has 0 aromatic heterocycles. The molecule has 0 amide bonds. The van der Waals surface area contributed by atoms with E-state index < -0.39 is 11.2 Å². The van der Waals surface area contributed by atoms with Crippen molar-refractivity contribution in [1.29, 1.82) is 0 Å². The molecule has 4 nitrogen and oxygen atoms in total. The van der Waals surface area contributed by atoms with Gasteiger partial charge in [0.15, 0.2) is 11.0 Å². The number of hydrogen-bond acceptors (Lipinski definition) is 5. The highest BCUT2D eigenvalue weighted by Gasteiger charge is 2.30. The molecule has 0 saturated heterocycles. The Kier molecular flexibility index (Phi) is 9.16. The SMILES string of the molecule is CCOC(=O)C(SCc1ccc(OC)cc1-c1ccc(-c2c(C)cccc2C)cc1)C(=O)C(C)C. The molecule has 0 aliphatic rings. The Morgan fingerprint density at radius 1 is 0.914 bits per heavy atom. The predicted molar refractivity (Wildman–Crippen MR) is 145 cm³/mol. The number of esters is 1. The maximum atomic E-state index is 12.7. The highest BCUT2D eigenvalue weighted by Crippen LogP contribution is 2.35. The zero-order valence-corrected chi connectivity index (χ0v) is 22.2. The van der Waals surface area contributed by atoms with Gasteiger partial charge in [-0.05, 0) is 71.8 Å². The van der Waals surface area contributed by atoms with E-state index in [1.165, 1.54) is 34.0 Å². The maximum Gasteiger partial charge on any atom is 0.326 e. The number of carbonyl (C=O) groups is 2. The van der Waals surface area contributed by atoms with Crippen molar-refractivity contribution in [3.63, 3.8) is 0 Å². The lowest BCUT2D eigenvalue weighted by Crippen LogP contribution is -2.32. The normalized spacial score (nSPS) is 11.9. The molecule has 0 aliphatic carbocycles. The summed E-state index contributed by atoms with van der Waals surface area (Å²) in [5.41, 5.74) is 8.02. The van der Waals surface area contributed by atoms with E-state index >= 15 is 0 Å². The van der Waals surface area contributed by atoms with Gasteiger partial charge in [0.05, 0.1) is 13.7 Å². The molecular formula is C30H34O4S. The Morgan fingerprint density at radius 2 is 1.54 bits per heavy atom. The summed E-state index contributed by atoms with van der Waals surface area (Å²) in [5, 5.41) is -0.837. The van der Waals surface area contributed by atoms with E-state index in [2.05, 4.69) is 56.3 Å². The number of hydrogen-bond donors (Lipinski definition) is 0. The molecule has 3 aromatic rings. The fourth-order valence-corrected chi connectivity index (χ4v) is 5.36. The Hall–Kier alpha value is -3.05. The average molecular weight is 491 g/mol. The molecule has 0 saturated carbocycles. The summed E-state index contributed by atoms with van der Waals surface area (Å²) >= 11 is 1.32. The van der Waals surface area contributed by atoms with E-state index in [9.17, 15) is 9.59 Å². The van der Waals surface area contributed by atoms with Crippen LogP contribution in [0.2, 0.25) is 0 Å². The van der Waals surface area contributed by atoms with Gasteiger partial charge in [-0.25, -0.2) is 0 Å². The van der Waals surface area contributed by atoms with Crippen LogP contribution in [-0.4, -0.2) is 30.7 Å². The average Bonchev–Trinajstić information content (AvgIpc) is 2.84. The molecular weight excluding hydrogens is 456 g/mol. The van der Waals surface area contributed by atoms with E-state index in [0.717, 1.165) is 22.4 Å². The lowest BCUT2D eigenvalue weighted by molar-refractivity contribution is -0.145. The van der Waals surface area contributed by atoms with Crippen molar-refractivity contribution in [2.75, 3.05) is 13.7 Å². The molecule has 0 radical (unpaired) electrons. The quantitative estimate of drug-likeness (QED) is 0.225. The topological polar surface area (TPSA) is 52.6 Å². The first-order valence-electron chi connectivity index (χ1n) is 11.9.